The Morgan fingerprint density at radius 3 is 2.94 bits per heavy atom. The Hall–Kier alpha value is -1.13. The van der Waals surface area contributed by atoms with Crippen LogP contribution >= 0.6 is 11.6 Å². The first-order chi connectivity index (χ1) is 8.11. The zero-order chi connectivity index (χ0) is 12.4. The quantitative estimate of drug-likeness (QED) is 0.879. The Kier molecular flexibility index (Phi) is 3.64. The lowest BCUT2D eigenvalue weighted by atomic mass is 10.1. The molecular formula is C12H14ClFN2O. The fourth-order valence-electron chi connectivity index (χ4n) is 2.02. The van der Waals surface area contributed by atoms with Gasteiger partial charge in [0.05, 0.1) is 5.02 Å². The van der Waals surface area contributed by atoms with Crippen LogP contribution in [0.5, 0.6) is 0 Å². The van der Waals surface area contributed by atoms with Crippen LogP contribution in [-0.4, -0.2) is 30.4 Å². The van der Waals surface area contributed by atoms with Gasteiger partial charge in [0.2, 0.25) is 0 Å². The molecule has 17 heavy (non-hydrogen) atoms. The van der Waals surface area contributed by atoms with Crippen LogP contribution in [0, 0.1) is 11.7 Å². The van der Waals surface area contributed by atoms with E-state index >= 15 is 0 Å². The van der Waals surface area contributed by atoms with Gasteiger partial charge in [0.1, 0.15) is 5.82 Å². The SMILES string of the molecule is NCC1CCN(C(=O)c2ccc(Cl)c(F)c2)C1. The molecule has 0 aliphatic carbocycles. The van der Waals surface area contributed by atoms with Crippen molar-refractivity contribution in [2.75, 3.05) is 19.6 Å². The Morgan fingerprint density at radius 2 is 2.35 bits per heavy atom. The molecule has 92 valence electrons. The zero-order valence-electron chi connectivity index (χ0n) is 9.33. The number of benzene rings is 1. The molecule has 2 rings (SSSR count). The Labute approximate surface area is 104 Å². The van der Waals surface area contributed by atoms with Crippen molar-refractivity contribution < 1.29 is 9.18 Å². The third-order valence-electron chi connectivity index (χ3n) is 3.07. The van der Waals surface area contributed by atoms with Crippen molar-refractivity contribution in [1.82, 2.24) is 4.90 Å². The molecule has 1 heterocycles. The number of amides is 1. The summed E-state index contributed by atoms with van der Waals surface area (Å²) in [5.41, 5.74) is 5.90. The molecule has 1 atom stereocenters. The van der Waals surface area contributed by atoms with E-state index in [0.29, 0.717) is 31.1 Å². The van der Waals surface area contributed by atoms with E-state index in [1.54, 1.807) is 11.0 Å². The molecule has 1 aliphatic heterocycles. The number of halogens is 2. The summed E-state index contributed by atoms with van der Waals surface area (Å²) in [6, 6.07) is 4.13. The van der Waals surface area contributed by atoms with Crippen LogP contribution in [0.2, 0.25) is 5.02 Å². The number of nitrogens with two attached hydrogens (primary N) is 1. The topological polar surface area (TPSA) is 46.3 Å². The molecule has 2 N–H and O–H groups in total. The average molecular weight is 257 g/mol. The summed E-state index contributed by atoms with van der Waals surface area (Å²) in [6.07, 6.45) is 0.915. The van der Waals surface area contributed by atoms with E-state index < -0.39 is 5.82 Å². The van der Waals surface area contributed by atoms with Crippen LogP contribution in [0.1, 0.15) is 16.8 Å². The van der Waals surface area contributed by atoms with Crippen LogP contribution in [0.25, 0.3) is 0 Å². The average Bonchev–Trinajstić information content (AvgIpc) is 2.80. The first-order valence-corrected chi connectivity index (χ1v) is 5.94. The largest absolute Gasteiger partial charge is 0.338 e. The van der Waals surface area contributed by atoms with Crippen LogP contribution in [0.3, 0.4) is 0 Å². The molecule has 0 saturated carbocycles. The van der Waals surface area contributed by atoms with Crippen molar-refractivity contribution in [2.45, 2.75) is 6.42 Å². The van der Waals surface area contributed by atoms with Gasteiger partial charge in [-0.3, -0.25) is 4.79 Å². The third kappa shape index (κ3) is 2.58. The molecule has 0 radical (unpaired) electrons. The molecular weight excluding hydrogens is 243 g/mol. The minimum atomic E-state index is -0.563. The van der Waals surface area contributed by atoms with Gasteiger partial charge in [-0.1, -0.05) is 11.6 Å². The van der Waals surface area contributed by atoms with Gasteiger partial charge in [0.25, 0.3) is 5.91 Å². The van der Waals surface area contributed by atoms with Crippen LogP contribution in [-0.2, 0) is 0 Å². The minimum absolute atomic E-state index is 0.0304. The number of rotatable bonds is 2. The van der Waals surface area contributed by atoms with Crippen LogP contribution in [0.15, 0.2) is 18.2 Å². The summed E-state index contributed by atoms with van der Waals surface area (Å²) in [4.78, 5) is 13.8. The predicted molar refractivity (Wildman–Crippen MR) is 64.5 cm³/mol. The summed E-state index contributed by atoms with van der Waals surface area (Å²) in [6.45, 7) is 1.92. The molecule has 1 fully saturated rings. The van der Waals surface area contributed by atoms with Gasteiger partial charge >= 0.3 is 0 Å². The van der Waals surface area contributed by atoms with Gasteiger partial charge in [-0.15, -0.1) is 0 Å². The lowest BCUT2D eigenvalue weighted by Crippen LogP contribution is -2.29. The van der Waals surface area contributed by atoms with Crippen molar-refractivity contribution >= 4 is 17.5 Å². The molecule has 1 aliphatic rings. The Balaban J connectivity index is 2.12. The van der Waals surface area contributed by atoms with Gasteiger partial charge in [0.15, 0.2) is 0 Å². The van der Waals surface area contributed by atoms with Crippen molar-refractivity contribution in [3.05, 3.63) is 34.6 Å². The van der Waals surface area contributed by atoms with Crippen LogP contribution in [0.4, 0.5) is 4.39 Å². The van der Waals surface area contributed by atoms with E-state index in [2.05, 4.69) is 0 Å². The molecule has 0 bridgehead atoms. The first-order valence-electron chi connectivity index (χ1n) is 5.56. The number of carbonyl (C=O) groups excluding carboxylic acids is 1. The van der Waals surface area contributed by atoms with E-state index in [1.807, 2.05) is 0 Å². The predicted octanol–water partition coefficient (Wildman–Crippen LogP) is 1.90. The van der Waals surface area contributed by atoms with E-state index in [1.165, 1.54) is 12.1 Å². The molecule has 1 saturated heterocycles. The molecule has 0 aromatic heterocycles. The molecule has 3 nitrogen and oxygen atoms in total. The van der Waals surface area contributed by atoms with E-state index in [9.17, 15) is 9.18 Å². The van der Waals surface area contributed by atoms with E-state index in [-0.39, 0.29) is 10.9 Å². The smallest absolute Gasteiger partial charge is 0.253 e. The minimum Gasteiger partial charge on any atom is -0.338 e. The molecule has 1 aromatic carbocycles. The molecule has 1 aromatic rings. The van der Waals surface area contributed by atoms with Crippen LogP contribution < -0.4 is 5.73 Å². The summed E-state index contributed by atoms with van der Waals surface area (Å²) in [5.74, 6) is -0.361. The lowest BCUT2D eigenvalue weighted by Gasteiger charge is -2.16. The molecule has 1 amide bonds. The maximum atomic E-state index is 13.2. The van der Waals surface area contributed by atoms with E-state index in [4.69, 9.17) is 17.3 Å². The second kappa shape index (κ2) is 5.02. The first kappa shape index (κ1) is 12.3. The van der Waals surface area contributed by atoms with E-state index in [0.717, 1.165) is 6.42 Å². The zero-order valence-corrected chi connectivity index (χ0v) is 10.1. The summed E-state index contributed by atoms with van der Waals surface area (Å²) in [5, 5.41) is 0.0304. The highest BCUT2D eigenvalue weighted by molar-refractivity contribution is 6.30. The number of hydrogen-bond acceptors (Lipinski definition) is 2. The second-order valence-electron chi connectivity index (χ2n) is 4.27. The number of nitrogens with zero attached hydrogens (tertiary/aromatic N) is 1. The number of carbonyl (C=O) groups is 1. The standard InChI is InChI=1S/C12H14ClFN2O/c13-10-2-1-9(5-11(10)14)12(17)16-4-3-8(6-15)7-16/h1-2,5,8H,3-4,6-7,15H2. The van der Waals surface area contributed by atoms with Crippen molar-refractivity contribution in [1.29, 1.82) is 0 Å². The maximum absolute atomic E-state index is 13.2. The molecule has 5 heteroatoms. The number of likely N-dealkylation sites (tertiary alicyclic amines) is 1. The highest BCUT2D eigenvalue weighted by atomic mass is 35.5. The summed E-state index contributed by atoms with van der Waals surface area (Å²) >= 11 is 5.57. The monoisotopic (exact) mass is 256 g/mol. The van der Waals surface area contributed by atoms with Crippen molar-refractivity contribution in [3.63, 3.8) is 0 Å². The normalized spacial score (nSPS) is 19.7. The fraction of sp³-hybridized carbons (Fsp3) is 0.417. The van der Waals surface area contributed by atoms with Gasteiger partial charge in [-0.05, 0) is 37.1 Å². The van der Waals surface area contributed by atoms with Gasteiger partial charge in [0, 0.05) is 18.7 Å². The second-order valence-corrected chi connectivity index (χ2v) is 4.68. The third-order valence-corrected chi connectivity index (χ3v) is 3.38. The Bertz CT molecular complexity index is 439. The molecule has 0 spiro atoms. The van der Waals surface area contributed by atoms with Gasteiger partial charge < -0.3 is 10.6 Å². The van der Waals surface area contributed by atoms with Gasteiger partial charge in [-0.25, -0.2) is 4.39 Å². The highest BCUT2D eigenvalue weighted by Crippen LogP contribution is 2.20. The number of hydrogen-bond donors (Lipinski definition) is 1. The Morgan fingerprint density at radius 1 is 1.59 bits per heavy atom. The molecule has 1 unspecified atom stereocenters. The fourth-order valence-corrected chi connectivity index (χ4v) is 2.14. The van der Waals surface area contributed by atoms with Gasteiger partial charge in [-0.2, -0.15) is 0 Å². The summed E-state index contributed by atoms with van der Waals surface area (Å²) in [7, 11) is 0. The highest BCUT2D eigenvalue weighted by Gasteiger charge is 2.26. The van der Waals surface area contributed by atoms with Crippen molar-refractivity contribution in [3.8, 4) is 0 Å². The lowest BCUT2D eigenvalue weighted by molar-refractivity contribution is 0.0787. The summed E-state index contributed by atoms with van der Waals surface area (Å²) < 4.78 is 13.2. The maximum Gasteiger partial charge on any atom is 0.253 e. The van der Waals surface area contributed by atoms with Crippen molar-refractivity contribution in [2.24, 2.45) is 11.7 Å².